The standard InChI is InChI=1S/C7H13NO2.3C7H15NO.C6H11NOS.C4H10N2OS/c1-5(4-6(2)9)7(10)8-3;3*1-3-4-5-6-8-7(2)9;1-7-6(8)5-2-3-9-4-5;1-6-4(7)3(5)2-8/h5H,4H2,1-3H3,(H,8,10);3*3-6H2,1-2H3,(H,8,9);5H,2-4H2,1H3,(H,7,8);3,8H,2,5H2,1H3,(H,6,7)/t5-;;;;5-;3-/m1...00/s1. The highest BCUT2D eigenvalue weighted by atomic mass is 32.2. The number of nitrogens with one attached hydrogen (secondary N) is 6. The third-order valence-corrected chi connectivity index (χ3v) is 8.63. The number of hydrogen-bond donors (Lipinski definition) is 8. The van der Waals surface area contributed by atoms with Crippen molar-refractivity contribution in [3.05, 3.63) is 0 Å². The molecule has 0 unspecified atom stereocenters. The second-order valence-corrected chi connectivity index (χ2v) is 14.1. The number of rotatable bonds is 18. The van der Waals surface area contributed by atoms with Crippen molar-refractivity contribution in [2.45, 2.75) is 132 Å². The minimum atomic E-state index is -0.469. The van der Waals surface area contributed by atoms with E-state index in [4.69, 9.17) is 5.73 Å². The highest BCUT2D eigenvalue weighted by molar-refractivity contribution is 7.99. The number of thiol groups is 1. The molecule has 0 aromatic rings. The van der Waals surface area contributed by atoms with Gasteiger partial charge in [0.25, 0.3) is 0 Å². The van der Waals surface area contributed by atoms with Crippen LogP contribution in [0.15, 0.2) is 0 Å². The van der Waals surface area contributed by atoms with Crippen molar-refractivity contribution >= 4 is 65.6 Å². The molecule has 320 valence electrons. The quantitative estimate of drug-likeness (QED) is 0.0746. The molecule has 0 aliphatic carbocycles. The lowest BCUT2D eigenvalue weighted by molar-refractivity contribution is -0.127. The first-order valence-corrected chi connectivity index (χ1v) is 21.1. The Morgan fingerprint density at radius 2 is 1.06 bits per heavy atom. The lowest BCUT2D eigenvalue weighted by Gasteiger charge is -2.05. The van der Waals surface area contributed by atoms with E-state index in [1.165, 1.54) is 45.4 Å². The Morgan fingerprint density at radius 3 is 1.28 bits per heavy atom. The fourth-order valence-corrected chi connectivity index (χ4v) is 5.29. The van der Waals surface area contributed by atoms with Crippen LogP contribution in [0.1, 0.15) is 126 Å². The fourth-order valence-electron chi connectivity index (χ4n) is 3.90. The van der Waals surface area contributed by atoms with E-state index < -0.39 is 6.04 Å². The average Bonchev–Trinajstić information content (AvgIpc) is 3.69. The third kappa shape index (κ3) is 53.5. The molecule has 0 aromatic carbocycles. The number of nitrogens with two attached hydrogens (primary N) is 1. The zero-order chi connectivity index (χ0) is 42.7. The Balaban J connectivity index is -0.000000178. The molecule has 1 aliphatic rings. The zero-order valence-corrected chi connectivity index (χ0v) is 37.3. The van der Waals surface area contributed by atoms with Crippen LogP contribution in [0, 0.1) is 11.8 Å². The van der Waals surface area contributed by atoms with E-state index in [9.17, 15) is 33.6 Å². The van der Waals surface area contributed by atoms with Gasteiger partial charge >= 0.3 is 0 Å². The van der Waals surface area contributed by atoms with E-state index in [1.807, 2.05) is 11.8 Å². The summed E-state index contributed by atoms with van der Waals surface area (Å²) in [7, 11) is 4.82. The molecule has 1 saturated heterocycles. The molecule has 1 heterocycles. The van der Waals surface area contributed by atoms with Crippen molar-refractivity contribution < 1.29 is 33.6 Å². The molecule has 6 amide bonds. The largest absolute Gasteiger partial charge is 0.359 e. The first-order chi connectivity index (χ1) is 25.4. The second-order valence-electron chi connectivity index (χ2n) is 12.6. The van der Waals surface area contributed by atoms with Crippen molar-refractivity contribution in [2.24, 2.45) is 17.6 Å². The summed E-state index contributed by atoms with van der Waals surface area (Å²) in [6.07, 6.45) is 12.0. The van der Waals surface area contributed by atoms with Crippen LogP contribution in [0.2, 0.25) is 0 Å². The van der Waals surface area contributed by atoms with Gasteiger partial charge in [0.15, 0.2) is 0 Å². The second kappa shape index (κ2) is 46.3. The number of thioether (sulfide) groups is 1. The smallest absolute Gasteiger partial charge is 0.237 e. The normalized spacial score (nSPS) is 13.1. The number of likely N-dealkylation sites (N-methyl/N-ethyl adjacent to an activating group) is 1. The van der Waals surface area contributed by atoms with Crippen LogP contribution in [0.3, 0.4) is 0 Å². The summed E-state index contributed by atoms with van der Waals surface area (Å²) in [6, 6.07) is -0.469. The van der Waals surface area contributed by atoms with Crippen LogP contribution in [0.4, 0.5) is 0 Å². The predicted octanol–water partition coefficient (Wildman–Crippen LogP) is 3.76. The third-order valence-electron chi connectivity index (χ3n) is 7.08. The number of carbonyl (C=O) groups excluding carboxylic acids is 7. The summed E-state index contributed by atoms with van der Waals surface area (Å²) in [6.45, 7) is 16.8. The van der Waals surface area contributed by atoms with Crippen molar-refractivity contribution in [1.82, 2.24) is 31.9 Å². The molecule has 1 rings (SSSR count). The number of unbranched alkanes of at least 4 members (excludes halogenated alkanes) is 6. The summed E-state index contributed by atoms with van der Waals surface area (Å²) in [5.41, 5.74) is 5.24. The van der Waals surface area contributed by atoms with Gasteiger partial charge in [0.05, 0.1) is 6.04 Å². The molecule has 54 heavy (non-hydrogen) atoms. The lowest BCUT2D eigenvalue weighted by atomic mass is 10.1. The van der Waals surface area contributed by atoms with Crippen LogP contribution < -0.4 is 37.6 Å². The average molecular weight is 810 g/mol. The number of ketones is 1. The summed E-state index contributed by atoms with van der Waals surface area (Å²) >= 11 is 5.69. The zero-order valence-electron chi connectivity index (χ0n) is 35.5. The molecule has 0 saturated carbocycles. The van der Waals surface area contributed by atoms with Gasteiger partial charge in [-0.2, -0.15) is 24.4 Å². The molecule has 0 bridgehead atoms. The van der Waals surface area contributed by atoms with E-state index in [2.05, 4.69) is 65.3 Å². The monoisotopic (exact) mass is 810 g/mol. The molecule has 16 heteroatoms. The van der Waals surface area contributed by atoms with E-state index in [0.29, 0.717) is 18.1 Å². The van der Waals surface area contributed by atoms with Crippen LogP contribution in [0.5, 0.6) is 0 Å². The van der Waals surface area contributed by atoms with E-state index >= 15 is 0 Å². The fraction of sp³-hybridized carbons (Fsp3) is 0.816. The van der Waals surface area contributed by atoms with Crippen molar-refractivity contribution in [3.63, 3.8) is 0 Å². The Hall–Kier alpha value is -2.85. The molecule has 0 spiro atoms. The molecule has 8 N–H and O–H groups in total. The minimum absolute atomic E-state index is 0.0519. The van der Waals surface area contributed by atoms with Gasteiger partial charge in [-0.1, -0.05) is 66.2 Å². The predicted molar refractivity (Wildman–Crippen MR) is 229 cm³/mol. The van der Waals surface area contributed by atoms with Gasteiger partial charge in [-0.15, -0.1) is 0 Å². The molecule has 1 aliphatic heterocycles. The van der Waals surface area contributed by atoms with Gasteiger partial charge in [-0.25, -0.2) is 0 Å². The molecule has 0 radical (unpaired) electrons. The van der Waals surface area contributed by atoms with Gasteiger partial charge in [0.2, 0.25) is 35.4 Å². The topological polar surface area (TPSA) is 218 Å². The van der Waals surface area contributed by atoms with Crippen LogP contribution in [0.25, 0.3) is 0 Å². The summed E-state index contributed by atoms with van der Waals surface area (Å²) in [4.78, 5) is 73.5. The molecule has 14 nitrogen and oxygen atoms in total. The first-order valence-electron chi connectivity index (χ1n) is 19.3. The summed E-state index contributed by atoms with van der Waals surface area (Å²) in [5.74, 6) is 2.90. The van der Waals surface area contributed by atoms with Crippen LogP contribution >= 0.6 is 24.4 Å². The van der Waals surface area contributed by atoms with Crippen LogP contribution in [-0.4, -0.2) is 105 Å². The van der Waals surface area contributed by atoms with Gasteiger partial charge in [-0.05, 0) is 38.4 Å². The van der Waals surface area contributed by atoms with Gasteiger partial charge in [0.1, 0.15) is 5.78 Å². The molecule has 0 aromatic heterocycles. The van der Waals surface area contributed by atoms with E-state index in [-0.39, 0.29) is 47.1 Å². The van der Waals surface area contributed by atoms with Crippen molar-refractivity contribution in [2.75, 3.05) is 58.0 Å². The van der Waals surface area contributed by atoms with Gasteiger partial charge in [0, 0.05) is 91.3 Å². The number of carbonyl (C=O) groups is 7. The Kier molecular flexibility index (Phi) is 51.8. The SMILES string of the molecule is CCCCCNC(C)=O.CCCCCNC(C)=O.CCCCCNC(C)=O.CNC(=O)[C@@H](N)CS.CNC(=O)[C@H](C)CC(C)=O.CNC(=O)[C@H]1CCSC1. The lowest BCUT2D eigenvalue weighted by Crippen LogP contribution is -2.39. The Labute approximate surface area is 337 Å². The van der Waals surface area contributed by atoms with Gasteiger partial charge < -0.3 is 42.4 Å². The molecule has 3 atom stereocenters. The Morgan fingerprint density at radius 1 is 0.667 bits per heavy atom. The maximum atomic E-state index is 10.9. The highest BCUT2D eigenvalue weighted by Gasteiger charge is 2.21. The summed E-state index contributed by atoms with van der Waals surface area (Å²) in [5, 5.41) is 15.8. The Bertz CT molecular complexity index is 918. The molecular formula is C38H79N7O7S2. The number of amides is 6. The maximum absolute atomic E-state index is 10.9. The minimum Gasteiger partial charge on any atom is -0.359 e. The highest BCUT2D eigenvalue weighted by Crippen LogP contribution is 2.22. The van der Waals surface area contributed by atoms with E-state index in [1.54, 1.807) is 48.8 Å². The van der Waals surface area contributed by atoms with E-state index in [0.717, 1.165) is 56.8 Å². The maximum Gasteiger partial charge on any atom is 0.237 e. The number of hydrogen-bond acceptors (Lipinski definition) is 10. The van der Waals surface area contributed by atoms with Gasteiger partial charge in [-0.3, -0.25) is 28.8 Å². The molecule has 1 fully saturated rings. The van der Waals surface area contributed by atoms with Crippen molar-refractivity contribution in [3.8, 4) is 0 Å². The molecular weight excluding hydrogens is 731 g/mol. The van der Waals surface area contributed by atoms with Crippen LogP contribution in [-0.2, 0) is 33.6 Å². The summed E-state index contributed by atoms with van der Waals surface area (Å²) < 4.78 is 0. The number of Topliss-reactive ketones (excluding diaryl/α,β-unsaturated/α-hetero) is 1. The van der Waals surface area contributed by atoms with Crippen molar-refractivity contribution in [1.29, 1.82) is 0 Å². The first kappa shape index (κ1) is 60.4.